The standard InChI is InChI=1S/C12H16F3N3O2S/c13-12(14,15)8-17-2-1-9(6-17)4-16-5-10-3-11(18(19)20)21-7-10/h3,7,9,16H,1-2,4-6,8H2. The predicted octanol–water partition coefficient (Wildman–Crippen LogP) is 2.63. The van der Waals surface area contributed by atoms with Crippen LogP contribution in [0.1, 0.15) is 12.0 Å². The highest BCUT2D eigenvalue weighted by atomic mass is 32.1. The third-order valence-corrected chi connectivity index (χ3v) is 4.28. The lowest BCUT2D eigenvalue weighted by atomic mass is 10.1. The summed E-state index contributed by atoms with van der Waals surface area (Å²) in [5.74, 6) is 0.195. The number of rotatable bonds is 6. The molecule has 0 bridgehead atoms. The van der Waals surface area contributed by atoms with Gasteiger partial charge in [-0.2, -0.15) is 13.2 Å². The van der Waals surface area contributed by atoms with Crippen LogP contribution in [0.25, 0.3) is 0 Å². The smallest absolute Gasteiger partial charge is 0.312 e. The molecule has 0 saturated carbocycles. The van der Waals surface area contributed by atoms with Crippen molar-refractivity contribution in [3.8, 4) is 0 Å². The van der Waals surface area contributed by atoms with E-state index in [4.69, 9.17) is 0 Å². The molecule has 0 amide bonds. The average molecular weight is 323 g/mol. The molecule has 2 heterocycles. The summed E-state index contributed by atoms with van der Waals surface area (Å²) < 4.78 is 36.8. The second-order valence-electron chi connectivity index (χ2n) is 5.19. The molecule has 118 valence electrons. The lowest BCUT2D eigenvalue weighted by Crippen LogP contribution is -2.33. The normalized spacial score (nSPS) is 20.0. The molecule has 1 atom stereocenters. The Bertz CT molecular complexity index is 492. The van der Waals surface area contributed by atoms with Crippen LogP contribution in [-0.2, 0) is 6.54 Å². The molecule has 0 spiro atoms. The molecule has 5 nitrogen and oxygen atoms in total. The molecule has 1 aliphatic heterocycles. The number of likely N-dealkylation sites (tertiary alicyclic amines) is 1. The number of nitro groups is 1. The second kappa shape index (κ2) is 6.71. The first kappa shape index (κ1) is 16.2. The number of hydrogen-bond donors (Lipinski definition) is 1. The first-order valence-corrected chi connectivity index (χ1v) is 7.43. The molecule has 1 saturated heterocycles. The van der Waals surface area contributed by atoms with Gasteiger partial charge in [-0.25, -0.2) is 0 Å². The van der Waals surface area contributed by atoms with Gasteiger partial charge in [0.05, 0.1) is 11.5 Å². The van der Waals surface area contributed by atoms with Gasteiger partial charge in [0.25, 0.3) is 0 Å². The van der Waals surface area contributed by atoms with E-state index < -0.39 is 17.6 Å². The van der Waals surface area contributed by atoms with Gasteiger partial charge in [-0.05, 0) is 31.0 Å². The van der Waals surface area contributed by atoms with E-state index in [9.17, 15) is 23.3 Å². The van der Waals surface area contributed by atoms with Crippen molar-refractivity contribution in [2.75, 3.05) is 26.2 Å². The van der Waals surface area contributed by atoms with Crippen LogP contribution in [0, 0.1) is 16.0 Å². The van der Waals surface area contributed by atoms with Gasteiger partial charge in [-0.3, -0.25) is 15.0 Å². The molecule has 0 radical (unpaired) electrons. The highest BCUT2D eigenvalue weighted by molar-refractivity contribution is 7.13. The Hall–Kier alpha value is -1.19. The average Bonchev–Trinajstić information content (AvgIpc) is 2.97. The van der Waals surface area contributed by atoms with Gasteiger partial charge >= 0.3 is 11.2 Å². The Kier molecular flexibility index (Phi) is 5.17. The Morgan fingerprint density at radius 2 is 2.29 bits per heavy atom. The first-order valence-electron chi connectivity index (χ1n) is 6.55. The molecular formula is C12H16F3N3O2S. The van der Waals surface area contributed by atoms with Crippen molar-refractivity contribution < 1.29 is 18.1 Å². The Morgan fingerprint density at radius 3 is 2.90 bits per heavy atom. The maximum Gasteiger partial charge on any atom is 0.401 e. The summed E-state index contributed by atoms with van der Waals surface area (Å²) >= 11 is 1.07. The van der Waals surface area contributed by atoms with Crippen LogP contribution in [0.15, 0.2) is 11.4 Å². The van der Waals surface area contributed by atoms with Gasteiger partial charge in [0.2, 0.25) is 0 Å². The zero-order chi connectivity index (χ0) is 15.5. The van der Waals surface area contributed by atoms with E-state index in [1.54, 1.807) is 5.38 Å². The molecule has 1 aliphatic rings. The molecule has 1 aromatic heterocycles. The summed E-state index contributed by atoms with van der Waals surface area (Å²) in [5.41, 5.74) is 0.830. The maximum absolute atomic E-state index is 12.3. The van der Waals surface area contributed by atoms with E-state index in [1.807, 2.05) is 0 Å². The quantitative estimate of drug-likeness (QED) is 0.646. The van der Waals surface area contributed by atoms with Crippen molar-refractivity contribution in [2.24, 2.45) is 5.92 Å². The zero-order valence-electron chi connectivity index (χ0n) is 11.2. The third kappa shape index (κ3) is 5.25. The van der Waals surface area contributed by atoms with Crippen LogP contribution < -0.4 is 5.32 Å². The SMILES string of the molecule is O=[N+]([O-])c1cc(CNCC2CCN(CC(F)(F)F)C2)cs1. The number of nitrogens with zero attached hydrogens (tertiary/aromatic N) is 2. The summed E-state index contributed by atoms with van der Waals surface area (Å²) in [5, 5.41) is 15.5. The molecule has 1 N–H and O–H groups in total. The molecule has 1 fully saturated rings. The molecule has 0 aromatic carbocycles. The molecule has 2 rings (SSSR count). The Labute approximate surface area is 123 Å². The summed E-state index contributed by atoms with van der Waals surface area (Å²) in [6.45, 7) is 1.18. The van der Waals surface area contributed by atoms with Crippen LogP contribution in [0.2, 0.25) is 0 Å². The number of alkyl halides is 3. The van der Waals surface area contributed by atoms with Gasteiger partial charge in [0.1, 0.15) is 0 Å². The highest BCUT2D eigenvalue weighted by Gasteiger charge is 2.34. The van der Waals surface area contributed by atoms with E-state index in [0.717, 1.165) is 23.3 Å². The van der Waals surface area contributed by atoms with Crippen LogP contribution >= 0.6 is 11.3 Å². The summed E-state index contributed by atoms with van der Waals surface area (Å²) in [4.78, 5) is 11.5. The number of nitrogens with one attached hydrogen (secondary N) is 1. The van der Waals surface area contributed by atoms with E-state index in [0.29, 0.717) is 26.2 Å². The van der Waals surface area contributed by atoms with Gasteiger partial charge in [0.15, 0.2) is 0 Å². The predicted molar refractivity (Wildman–Crippen MR) is 73.3 cm³/mol. The summed E-state index contributed by atoms with van der Waals surface area (Å²) in [6, 6.07) is 1.52. The Morgan fingerprint density at radius 1 is 1.52 bits per heavy atom. The van der Waals surface area contributed by atoms with Gasteiger partial charge < -0.3 is 5.32 Å². The highest BCUT2D eigenvalue weighted by Crippen LogP contribution is 2.24. The topological polar surface area (TPSA) is 58.4 Å². The fraction of sp³-hybridized carbons (Fsp3) is 0.667. The minimum atomic E-state index is -4.14. The molecule has 0 aliphatic carbocycles. The van der Waals surface area contributed by atoms with Gasteiger partial charge in [-0.15, -0.1) is 0 Å². The molecule has 1 unspecified atom stereocenters. The third-order valence-electron chi connectivity index (χ3n) is 3.35. The molecule has 1 aromatic rings. The van der Waals surface area contributed by atoms with Crippen molar-refractivity contribution in [1.29, 1.82) is 0 Å². The number of halogens is 3. The Balaban J connectivity index is 1.68. The summed E-state index contributed by atoms with van der Waals surface area (Å²) in [6.07, 6.45) is -3.40. The van der Waals surface area contributed by atoms with Crippen LogP contribution in [0.4, 0.5) is 18.2 Å². The van der Waals surface area contributed by atoms with Crippen molar-refractivity contribution in [3.05, 3.63) is 27.1 Å². The zero-order valence-corrected chi connectivity index (χ0v) is 12.0. The molecule has 21 heavy (non-hydrogen) atoms. The monoisotopic (exact) mass is 323 g/mol. The number of hydrogen-bond acceptors (Lipinski definition) is 5. The summed E-state index contributed by atoms with van der Waals surface area (Å²) in [7, 11) is 0. The first-order chi connectivity index (χ1) is 9.83. The van der Waals surface area contributed by atoms with Gasteiger partial charge in [0, 0.05) is 24.5 Å². The van der Waals surface area contributed by atoms with Crippen molar-refractivity contribution in [3.63, 3.8) is 0 Å². The van der Waals surface area contributed by atoms with E-state index in [-0.39, 0.29) is 10.9 Å². The number of thiophene rings is 1. The van der Waals surface area contributed by atoms with Crippen LogP contribution in [-0.4, -0.2) is 42.2 Å². The molecule has 9 heteroatoms. The second-order valence-corrected chi connectivity index (χ2v) is 6.08. The van der Waals surface area contributed by atoms with E-state index in [1.165, 1.54) is 11.0 Å². The van der Waals surface area contributed by atoms with E-state index in [2.05, 4.69) is 5.32 Å². The van der Waals surface area contributed by atoms with Crippen molar-refractivity contribution in [1.82, 2.24) is 10.2 Å². The van der Waals surface area contributed by atoms with Gasteiger partial charge in [-0.1, -0.05) is 11.3 Å². The lowest BCUT2D eigenvalue weighted by molar-refractivity contribution is -0.380. The maximum atomic E-state index is 12.3. The molecular weight excluding hydrogens is 307 g/mol. The minimum absolute atomic E-state index is 0.101. The fourth-order valence-corrected chi connectivity index (χ4v) is 3.18. The fourth-order valence-electron chi connectivity index (χ4n) is 2.45. The largest absolute Gasteiger partial charge is 0.401 e. The van der Waals surface area contributed by atoms with Crippen molar-refractivity contribution in [2.45, 2.75) is 19.1 Å². The van der Waals surface area contributed by atoms with Crippen LogP contribution in [0.5, 0.6) is 0 Å². The van der Waals surface area contributed by atoms with Crippen molar-refractivity contribution >= 4 is 16.3 Å². The lowest BCUT2D eigenvalue weighted by Gasteiger charge is -2.17. The minimum Gasteiger partial charge on any atom is -0.312 e. The van der Waals surface area contributed by atoms with E-state index >= 15 is 0 Å². The van der Waals surface area contributed by atoms with Crippen LogP contribution in [0.3, 0.4) is 0 Å².